The Hall–Kier alpha value is -1.07. The lowest BCUT2D eigenvalue weighted by Gasteiger charge is -2.14. The van der Waals surface area contributed by atoms with Gasteiger partial charge in [-0.05, 0) is 18.4 Å². The number of esters is 1. The third kappa shape index (κ3) is 5.51. The smallest absolute Gasteiger partial charge is 0.318 e. The fourth-order valence-corrected chi connectivity index (χ4v) is 2.62. The lowest BCUT2D eigenvalue weighted by molar-refractivity contribution is -0.143. The summed E-state index contributed by atoms with van der Waals surface area (Å²) in [5.41, 5.74) is 7.61. The Kier molecular flexibility index (Phi) is 7.02. The van der Waals surface area contributed by atoms with Crippen molar-refractivity contribution in [2.75, 3.05) is 6.61 Å². The highest BCUT2D eigenvalue weighted by Crippen LogP contribution is 2.21. The molecule has 1 aromatic carbocycles. The van der Waals surface area contributed by atoms with Crippen molar-refractivity contribution < 1.29 is 9.53 Å². The Morgan fingerprint density at radius 2 is 2.00 bits per heavy atom. The monoisotopic (exact) mass is 311 g/mol. The molecule has 0 aromatic heterocycles. The second-order valence-electron chi connectivity index (χ2n) is 5.00. The highest BCUT2D eigenvalue weighted by atomic mass is 32.2. The molecule has 0 saturated carbocycles. The number of rotatable bonds is 7. The molecule has 2 N–H and O–H groups in total. The summed E-state index contributed by atoms with van der Waals surface area (Å²) < 4.78 is 5.22. The maximum absolute atomic E-state index is 11.8. The highest BCUT2D eigenvalue weighted by Gasteiger charge is 2.16. The number of thioether (sulfide) groups is 1. The van der Waals surface area contributed by atoms with E-state index >= 15 is 0 Å². The molecule has 0 heterocycles. The molecule has 0 aliphatic carbocycles. The fraction of sp³-hybridized carbons (Fsp3) is 0.467. The second-order valence-corrected chi connectivity index (χ2v) is 6.77. The minimum atomic E-state index is -0.201. The van der Waals surface area contributed by atoms with Crippen LogP contribution in [0.2, 0.25) is 0 Å². The van der Waals surface area contributed by atoms with Gasteiger partial charge in [0.2, 0.25) is 0 Å². The summed E-state index contributed by atoms with van der Waals surface area (Å²) in [7, 11) is 0. The molecule has 0 radical (unpaired) electrons. The van der Waals surface area contributed by atoms with E-state index in [2.05, 4.69) is 0 Å². The largest absolute Gasteiger partial charge is 0.465 e. The molecule has 0 fully saturated rings. The first kappa shape index (κ1) is 17.0. The van der Waals surface area contributed by atoms with Crippen LogP contribution in [-0.2, 0) is 15.3 Å². The fourth-order valence-electron chi connectivity index (χ4n) is 1.54. The van der Waals surface area contributed by atoms with Gasteiger partial charge in [0.25, 0.3) is 0 Å². The van der Waals surface area contributed by atoms with Gasteiger partial charge < -0.3 is 10.5 Å². The zero-order chi connectivity index (χ0) is 15.1. The van der Waals surface area contributed by atoms with Crippen LogP contribution in [-0.4, -0.2) is 22.8 Å². The molecule has 110 valence electrons. The number of benzene rings is 1. The molecule has 1 aromatic rings. The van der Waals surface area contributed by atoms with E-state index in [-0.39, 0.29) is 11.2 Å². The Morgan fingerprint density at radius 1 is 1.35 bits per heavy atom. The Bertz CT molecular complexity index is 475. The number of thiocarbonyl (C=S) groups is 1. The molecular formula is C15H21NO2S2. The van der Waals surface area contributed by atoms with Gasteiger partial charge in [-0.2, -0.15) is 0 Å². The summed E-state index contributed by atoms with van der Waals surface area (Å²) in [5.74, 6) is 0.869. The number of carbonyl (C=O) groups excluding carboxylic acids is 1. The quantitative estimate of drug-likeness (QED) is 0.619. The van der Waals surface area contributed by atoms with Gasteiger partial charge in [-0.3, -0.25) is 4.79 Å². The zero-order valence-electron chi connectivity index (χ0n) is 12.1. The lowest BCUT2D eigenvalue weighted by atomic mass is 10.1. The SMILES string of the molecule is CC(C)COC(=O)C(C)SCc1ccccc1C(N)=S. The molecule has 0 aliphatic heterocycles. The van der Waals surface area contributed by atoms with Gasteiger partial charge in [0, 0.05) is 11.3 Å². The third-order valence-electron chi connectivity index (χ3n) is 2.66. The van der Waals surface area contributed by atoms with E-state index < -0.39 is 0 Å². The molecule has 1 rings (SSSR count). The van der Waals surface area contributed by atoms with E-state index in [0.717, 1.165) is 11.1 Å². The number of carbonyl (C=O) groups is 1. The Labute approximate surface area is 130 Å². The van der Waals surface area contributed by atoms with Crippen LogP contribution in [0.1, 0.15) is 31.9 Å². The molecular weight excluding hydrogens is 290 g/mol. The van der Waals surface area contributed by atoms with Crippen molar-refractivity contribution in [3.05, 3.63) is 35.4 Å². The van der Waals surface area contributed by atoms with E-state index in [4.69, 9.17) is 22.7 Å². The van der Waals surface area contributed by atoms with Crippen molar-refractivity contribution in [3.8, 4) is 0 Å². The molecule has 1 unspecified atom stereocenters. The van der Waals surface area contributed by atoms with Crippen LogP contribution >= 0.6 is 24.0 Å². The number of hydrogen-bond donors (Lipinski definition) is 1. The topological polar surface area (TPSA) is 52.3 Å². The Morgan fingerprint density at radius 3 is 2.60 bits per heavy atom. The highest BCUT2D eigenvalue weighted by molar-refractivity contribution is 7.99. The molecule has 1 atom stereocenters. The maximum Gasteiger partial charge on any atom is 0.318 e. The molecule has 0 bridgehead atoms. The minimum absolute atomic E-state index is 0.170. The van der Waals surface area contributed by atoms with Gasteiger partial charge in [-0.1, -0.05) is 50.3 Å². The van der Waals surface area contributed by atoms with E-state index in [1.54, 1.807) is 0 Å². The molecule has 0 saturated heterocycles. The molecule has 0 amide bonds. The average Bonchev–Trinajstić information content (AvgIpc) is 2.42. The lowest BCUT2D eigenvalue weighted by Crippen LogP contribution is -2.20. The maximum atomic E-state index is 11.8. The van der Waals surface area contributed by atoms with Crippen LogP contribution in [0.4, 0.5) is 0 Å². The van der Waals surface area contributed by atoms with Gasteiger partial charge in [0.05, 0.1) is 11.9 Å². The first-order chi connectivity index (χ1) is 9.41. The summed E-state index contributed by atoms with van der Waals surface area (Å²) in [4.78, 5) is 12.2. The first-order valence-electron chi connectivity index (χ1n) is 6.57. The standard InChI is InChI=1S/C15H21NO2S2/c1-10(2)8-18-15(17)11(3)20-9-12-6-4-5-7-13(12)14(16)19/h4-7,10-11H,8-9H2,1-3H3,(H2,16,19). The van der Waals surface area contributed by atoms with E-state index in [9.17, 15) is 4.79 Å². The van der Waals surface area contributed by atoms with Gasteiger partial charge in [-0.25, -0.2) is 0 Å². The summed E-state index contributed by atoms with van der Waals surface area (Å²) in [6, 6.07) is 7.73. The average molecular weight is 311 g/mol. The van der Waals surface area contributed by atoms with Gasteiger partial charge in [0.15, 0.2) is 0 Å². The van der Waals surface area contributed by atoms with E-state index in [0.29, 0.717) is 23.3 Å². The van der Waals surface area contributed by atoms with Crippen LogP contribution < -0.4 is 5.73 Å². The van der Waals surface area contributed by atoms with Crippen molar-refractivity contribution in [1.82, 2.24) is 0 Å². The summed E-state index contributed by atoms with van der Waals surface area (Å²) in [5, 5.41) is -0.201. The van der Waals surface area contributed by atoms with Crippen LogP contribution in [0.25, 0.3) is 0 Å². The zero-order valence-corrected chi connectivity index (χ0v) is 13.7. The predicted molar refractivity (Wildman–Crippen MR) is 88.9 cm³/mol. The second kappa shape index (κ2) is 8.27. The normalized spacial score (nSPS) is 12.2. The molecule has 0 spiro atoms. The van der Waals surface area contributed by atoms with Crippen LogP contribution in [0, 0.1) is 5.92 Å². The minimum Gasteiger partial charge on any atom is -0.465 e. The summed E-state index contributed by atoms with van der Waals surface area (Å²) in [6.07, 6.45) is 0. The van der Waals surface area contributed by atoms with Gasteiger partial charge in [0.1, 0.15) is 4.99 Å². The number of nitrogens with two attached hydrogens (primary N) is 1. The van der Waals surface area contributed by atoms with Gasteiger partial charge >= 0.3 is 5.97 Å². The number of ether oxygens (including phenoxy) is 1. The van der Waals surface area contributed by atoms with Crippen molar-refractivity contribution in [1.29, 1.82) is 0 Å². The summed E-state index contributed by atoms with van der Waals surface area (Å²) >= 11 is 6.56. The molecule has 0 aliphatic rings. The van der Waals surface area contributed by atoms with Crippen molar-refractivity contribution in [2.45, 2.75) is 31.8 Å². The molecule has 3 nitrogen and oxygen atoms in total. The molecule has 20 heavy (non-hydrogen) atoms. The van der Waals surface area contributed by atoms with E-state index in [1.165, 1.54) is 11.8 Å². The molecule has 5 heteroatoms. The summed E-state index contributed by atoms with van der Waals surface area (Å²) in [6.45, 7) is 6.36. The van der Waals surface area contributed by atoms with Crippen LogP contribution in [0.5, 0.6) is 0 Å². The van der Waals surface area contributed by atoms with Crippen LogP contribution in [0.3, 0.4) is 0 Å². The van der Waals surface area contributed by atoms with Crippen LogP contribution in [0.15, 0.2) is 24.3 Å². The van der Waals surface area contributed by atoms with E-state index in [1.807, 2.05) is 45.0 Å². The van der Waals surface area contributed by atoms with Crippen molar-refractivity contribution >= 4 is 34.9 Å². The van der Waals surface area contributed by atoms with Crippen molar-refractivity contribution in [2.24, 2.45) is 11.7 Å². The predicted octanol–water partition coefficient (Wildman–Crippen LogP) is 3.14. The number of hydrogen-bond acceptors (Lipinski definition) is 4. The van der Waals surface area contributed by atoms with Gasteiger partial charge in [-0.15, -0.1) is 11.8 Å². The Balaban J connectivity index is 2.54. The first-order valence-corrected chi connectivity index (χ1v) is 8.03. The van der Waals surface area contributed by atoms with Crippen molar-refractivity contribution in [3.63, 3.8) is 0 Å². The third-order valence-corrected chi connectivity index (χ3v) is 4.05.